The van der Waals surface area contributed by atoms with Gasteiger partial charge in [0.25, 0.3) is 0 Å². The van der Waals surface area contributed by atoms with Gasteiger partial charge in [-0.2, -0.15) is 0 Å². The molecule has 0 fully saturated rings. The van der Waals surface area contributed by atoms with Crippen molar-refractivity contribution in [2.45, 2.75) is 32.2 Å². The van der Waals surface area contributed by atoms with Crippen molar-refractivity contribution in [2.75, 3.05) is 0 Å². The van der Waals surface area contributed by atoms with E-state index in [1.54, 1.807) is 0 Å². The molecular weight excluding hydrogens is 217 g/mol. The zero-order valence-corrected chi connectivity index (χ0v) is 9.94. The van der Waals surface area contributed by atoms with Crippen LogP contribution in [0.3, 0.4) is 0 Å². The summed E-state index contributed by atoms with van der Waals surface area (Å²) in [5.41, 5.74) is 7.17. The summed E-state index contributed by atoms with van der Waals surface area (Å²) in [6.07, 6.45) is 3.43. The molecule has 2 N–H and O–H groups in total. The maximum Gasteiger partial charge on any atom is 0.0406 e. The van der Waals surface area contributed by atoms with Crippen LogP contribution in [0, 0.1) is 0 Å². The Morgan fingerprint density at radius 2 is 1.86 bits per heavy atom. The summed E-state index contributed by atoms with van der Waals surface area (Å²) >= 11 is 5.78. The lowest BCUT2D eigenvalue weighted by atomic mass is 10.0. The van der Waals surface area contributed by atoms with Gasteiger partial charge in [-0.25, -0.2) is 0 Å². The average molecular weight is 234 g/mol. The van der Waals surface area contributed by atoms with Crippen LogP contribution in [0.1, 0.15) is 37.8 Å². The Morgan fingerprint density at radius 1 is 1.29 bits per heavy atom. The normalized spacial score (nSPS) is 11.9. The van der Waals surface area contributed by atoms with E-state index in [0.29, 0.717) is 0 Å². The summed E-state index contributed by atoms with van der Waals surface area (Å²) in [6.45, 7) is 2.18. The number of nitrogens with two attached hydrogens (primary N) is 1. The average Bonchev–Trinajstić information content (AvgIpc) is 2.15. The molecule has 1 aromatic rings. The van der Waals surface area contributed by atoms with Gasteiger partial charge in [0.05, 0.1) is 0 Å². The molecule has 1 rings (SSSR count). The molecule has 0 saturated heterocycles. The minimum absolute atomic E-state index is 0. The third-order valence-electron chi connectivity index (χ3n) is 2.17. The molecule has 1 atom stereocenters. The molecule has 0 bridgehead atoms. The fourth-order valence-electron chi connectivity index (χ4n) is 1.30. The molecule has 0 radical (unpaired) electrons. The van der Waals surface area contributed by atoms with Gasteiger partial charge in [0, 0.05) is 11.1 Å². The van der Waals surface area contributed by atoms with Crippen LogP contribution in [0.2, 0.25) is 5.02 Å². The summed E-state index contributed by atoms with van der Waals surface area (Å²) in [5.74, 6) is 0. The third-order valence-corrected chi connectivity index (χ3v) is 2.42. The predicted molar refractivity (Wildman–Crippen MR) is 65.2 cm³/mol. The van der Waals surface area contributed by atoms with E-state index in [1.807, 2.05) is 24.3 Å². The fourth-order valence-corrected chi connectivity index (χ4v) is 1.43. The van der Waals surface area contributed by atoms with Crippen LogP contribution in [-0.4, -0.2) is 0 Å². The number of benzene rings is 1. The number of unbranched alkanes of at least 4 members (excludes halogenated alkanes) is 1. The minimum atomic E-state index is 0. The highest BCUT2D eigenvalue weighted by molar-refractivity contribution is 6.30. The molecular formula is C11H17Cl2N. The molecule has 0 aromatic heterocycles. The Bertz CT molecular complexity index is 246. The van der Waals surface area contributed by atoms with Crippen molar-refractivity contribution in [2.24, 2.45) is 5.73 Å². The second-order valence-electron chi connectivity index (χ2n) is 3.30. The zero-order valence-electron chi connectivity index (χ0n) is 8.37. The van der Waals surface area contributed by atoms with E-state index in [0.717, 1.165) is 11.4 Å². The first-order chi connectivity index (χ1) is 6.24. The Labute approximate surface area is 97.1 Å². The third kappa shape index (κ3) is 4.32. The summed E-state index contributed by atoms with van der Waals surface area (Å²) in [7, 11) is 0. The lowest BCUT2D eigenvalue weighted by molar-refractivity contribution is 0.603. The van der Waals surface area contributed by atoms with Crippen molar-refractivity contribution in [3.8, 4) is 0 Å². The van der Waals surface area contributed by atoms with Crippen LogP contribution in [-0.2, 0) is 0 Å². The van der Waals surface area contributed by atoms with Crippen molar-refractivity contribution in [3.63, 3.8) is 0 Å². The molecule has 0 saturated carbocycles. The number of hydrogen-bond acceptors (Lipinski definition) is 1. The molecule has 1 nitrogen and oxygen atoms in total. The van der Waals surface area contributed by atoms with Crippen LogP contribution in [0.15, 0.2) is 24.3 Å². The first-order valence-corrected chi connectivity index (χ1v) is 5.13. The van der Waals surface area contributed by atoms with Crippen LogP contribution >= 0.6 is 24.0 Å². The van der Waals surface area contributed by atoms with E-state index < -0.39 is 0 Å². The second kappa shape index (κ2) is 7.10. The van der Waals surface area contributed by atoms with Gasteiger partial charge in [0.2, 0.25) is 0 Å². The fraction of sp³-hybridized carbons (Fsp3) is 0.455. The minimum Gasteiger partial charge on any atom is -0.324 e. The lowest BCUT2D eigenvalue weighted by Gasteiger charge is -2.10. The van der Waals surface area contributed by atoms with Gasteiger partial charge >= 0.3 is 0 Å². The van der Waals surface area contributed by atoms with Gasteiger partial charge in [-0.05, 0) is 24.1 Å². The summed E-state index contributed by atoms with van der Waals surface area (Å²) in [6, 6.07) is 7.95. The van der Waals surface area contributed by atoms with Crippen LogP contribution in [0.4, 0.5) is 0 Å². The van der Waals surface area contributed by atoms with E-state index in [2.05, 4.69) is 6.92 Å². The largest absolute Gasteiger partial charge is 0.324 e. The second-order valence-corrected chi connectivity index (χ2v) is 3.74. The maximum absolute atomic E-state index is 5.99. The molecule has 0 unspecified atom stereocenters. The maximum atomic E-state index is 5.99. The van der Waals surface area contributed by atoms with Crippen molar-refractivity contribution in [1.82, 2.24) is 0 Å². The standard InChI is InChI=1S/C11H16ClN.ClH/c1-2-3-4-11(13)9-5-7-10(12)8-6-9;/h5-8,11H,2-4,13H2,1H3;1H/t11-;/m0./s1. The lowest BCUT2D eigenvalue weighted by Crippen LogP contribution is -2.09. The van der Waals surface area contributed by atoms with Gasteiger partial charge in [-0.3, -0.25) is 0 Å². The highest BCUT2D eigenvalue weighted by atomic mass is 35.5. The van der Waals surface area contributed by atoms with Crippen molar-refractivity contribution >= 4 is 24.0 Å². The predicted octanol–water partition coefficient (Wildman–Crippen LogP) is 3.95. The van der Waals surface area contributed by atoms with Gasteiger partial charge in [0.15, 0.2) is 0 Å². The summed E-state index contributed by atoms with van der Waals surface area (Å²) in [5, 5.41) is 0.770. The number of halogens is 2. The van der Waals surface area contributed by atoms with Crippen LogP contribution in [0.25, 0.3) is 0 Å². The Kier molecular flexibility index (Phi) is 6.98. The van der Waals surface area contributed by atoms with E-state index in [-0.39, 0.29) is 18.4 Å². The quantitative estimate of drug-likeness (QED) is 0.838. The Balaban J connectivity index is 0.00000169. The molecule has 80 valence electrons. The molecule has 1 aromatic carbocycles. The summed E-state index contributed by atoms with van der Waals surface area (Å²) < 4.78 is 0. The molecule has 0 aliphatic heterocycles. The van der Waals surface area contributed by atoms with Gasteiger partial charge in [0.1, 0.15) is 0 Å². The highest BCUT2D eigenvalue weighted by Crippen LogP contribution is 2.18. The van der Waals surface area contributed by atoms with Gasteiger partial charge in [-0.15, -0.1) is 12.4 Å². The van der Waals surface area contributed by atoms with Gasteiger partial charge in [-0.1, -0.05) is 43.5 Å². The zero-order chi connectivity index (χ0) is 9.68. The summed E-state index contributed by atoms with van der Waals surface area (Å²) in [4.78, 5) is 0. The molecule has 0 spiro atoms. The van der Waals surface area contributed by atoms with Crippen molar-refractivity contribution in [3.05, 3.63) is 34.9 Å². The molecule has 0 amide bonds. The molecule has 0 heterocycles. The first kappa shape index (κ1) is 13.8. The monoisotopic (exact) mass is 233 g/mol. The van der Waals surface area contributed by atoms with Crippen LogP contribution < -0.4 is 5.73 Å². The topological polar surface area (TPSA) is 26.0 Å². The molecule has 14 heavy (non-hydrogen) atoms. The smallest absolute Gasteiger partial charge is 0.0406 e. The Morgan fingerprint density at radius 3 is 2.36 bits per heavy atom. The van der Waals surface area contributed by atoms with E-state index in [4.69, 9.17) is 17.3 Å². The number of hydrogen-bond donors (Lipinski definition) is 1. The van der Waals surface area contributed by atoms with E-state index >= 15 is 0 Å². The highest BCUT2D eigenvalue weighted by Gasteiger charge is 2.03. The first-order valence-electron chi connectivity index (χ1n) is 4.75. The van der Waals surface area contributed by atoms with Gasteiger partial charge < -0.3 is 5.73 Å². The van der Waals surface area contributed by atoms with Crippen LogP contribution in [0.5, 0.6) is 0 Å². The Hall–Kier alpha value is -0.240. The van der Waals surface area contributed by atoms with E-state index in [1.165, 1.54) is 18.4 Å². The van der Waals surface area contributed by atoms with E-state index in [9.17, 15) is 0 Å². The molecule has 0 aliphatic rings. The SMILES string of the molecule is CCCC[C@H](N)c1ccc(Cl)cc1.Cl. The number of rotatable bonds is 4. The van der Waals surface area contributed by atoms with Crippen molar-refractivity contribution < 1.29 is 0 Å². The molecule has 0 aliphatic carbocycles. The van der Waals surface area contributed by atoms with Crippen molar-refractivity contribution in [1.29, 1.82) is 0 Å². The molecule has 3 heteroatoms.